The molecular weight excluding hydrogens is 292 g/mol. The molecule has 0 amide bonds. The molecule has 0 aromatic heterocycles. The monoisotopic (exact) mass is 308 g/mol. The molecule has 1 heterocycles. The SMILES string of the molecule is COc1ccc(OC)c(/C=C2\C=C(c3ccccc3)OC2=O)c1. The lowest BCUT2D eigenvalue weighted by atomic mass is 10.1. The fourth-order valence-electron chi connectivity index (χ4n) is 2.35. The van der Waals surface area contributed by atoms with E-state index in [1.807, 2.05) is 36.4 Å². The highest BCUT2D eigenvalue weighted by Gasteiger charge is 2.22. The number of rotatable bonds is 4. The van der Waals surface area contributed by atoms with Crippen LogP contribution in [0.1, 0.15) is 11.1 Å². The molecular formula is C19H16O4. The van der Waals surface area contributed by atoms with E-state index in [2.05, 4.69) is 0 Å². The van der Waals surface area contributed by atoms with E-state index in [4.69, 9.17) is 14.2 Å². The summed E-state index contributed by atoms with van der Waals surface area (Å²) in [5.41, 5.74) is 2.08. The van der Waals surface area contributed by atoms with Crippen molar-refractivity contribution in [2.24, 2.45) is 0 Å². The van der Waals surface area contributed by atoms with Crippen LogP contribution in [0.3, 0.4) is 0 Å². The van der Waals surface area contributed by atoms with Crippen molar-refractivity contribution in [3.8, 4) is 11.5 Å². The van der Waals surface area contributed by atoms with Crippen molar-refractivity contribution >= 4 is 17.8 Å². The summed E-state index contributed by atoms with van der Waals surface area (Å²) < 4.78 is 15.9. The zero-order valence-corrected chi connectivity index (χ0v) is 12.9. The van der Waals surface area contributed by atoms with Crippen LogP contribution in [0.15, 0.2) is 60.2 Å². The van der Waals surface area contributed by atoms with E-state index in [0.29, 0.717) is 22.8 Å². The number of carbonyl (C=O) groups excluding carboxylic acids is 1. The molecule has 116 valence electrons. The van der Waals surface area contributed by atoms with E-state index in [9.17, 15) is 4.79 Å². The second-order valence-corrected chi connectivity index (χ2v) is 4.97. The van der Waals surface area contributed by atoms with E-state index < -0.39 is 0 Å². The molecule has 0 spiro atoms. The minimum Gasteiger partial charge on any atom is -0.497 e. The Morgan fingerprint density at radius 2 is 1.78 bits per heavy atom. The molecule has 4 nitrogen and oxygen atoms in total. The fourth-order valence-corrected chi connectivity index (χ4v) is 2.35. The fraction of sp³-hybridized carbons (Fsp3) is 0.105. The van der Waals surface area contributed by atoms with E-state index in [0.717, 1.165) is 11.1 Å². The number of hydrogen-bond acceptors (Lipinski definition) is 4. The van der Waals surface area contributed by atoms with Crippen molar-refractivity contribution in [2.45, 2.75) is 0 Å². The van der Waals surface area contributed by atoms with Crippen LogP contribution in [-0.2, 0) is 9.53 Å². The summed E-state index contributed by atoms with van der Waals surface area (Å²) in [7, 11) is 3.18. The Hall–Kier alpha value is -3.01. The van der Waals surface area contributed by atoms with Gasteiger partial charge in [0.25, 0.3) is 0 Å². The van der Waals surface area contributed by atoms with E-state index >= 15 is 0 Å². The third-order valence-electron chi connectivity index (χ3n) is 3.53. The number of benzene rings is 2. The van der Waals surface area contributed by atoms with Crippen molar-refractivity contribution in [1.29, 1.82) is 0 Å². The van der Waals surface area contributed by atoms with Crippen LogP contribution in [0, 0.1) is 0 Å². The van der Waals surface area contributed by atoms with E-state index in [1.165, 1.54) is 0 Å². The second-order valence-electron chi connectivity index (χ2n) is 4.97. The highest BCUT2D eigenvalue weighted by molar-refractivity contribution is 6.05. The highest BCUT2D eigenvalue weighted by atomic mass is 16.5. The van der Waals surface area contributed by atoms with Gasteiger partial charge in [0.15, 0.2) is 0 Å². The topological polar surface area (TPSA) is 44.8 Å². The lowest BCUT2D eigenvalue weighted by molar-refractivity contribution is -0.130. The molecule has 4 heteroatoms. The lowest BCUT2D eigenvalue weighted by Gasteiger charge is -2.07. The first-order chi connectivity index (χ1) is 11.2. The van der Waals surface area contributed by atoms with Crippen LogP contribution < -0.4 is 9.47 Å². The zero-order valence-electron chi connectivity index (χ0n) is 12.9. The molecule has 0 bridgehead atoms. The van der Waals surface area contributed by atoms with E-state index in [1.54, 1.807) is 38.5 Å². The molecule has 0 saturated heterocycles. The van der Waals surface area contributed by atoms with Crippen LogP contribution in [0.4, 0.5) is 0 Å². The van der Waals surface area contributed by atoms with Crippen molar-refractivity contribution in [3.05, 3.63) is 71.3 Å². The Morgan fingerprint density at radius 1 is 1.00 bits per heavy atom. The summed E-state index contributed by atoms with van der Waals surface area (Å²) >= 11 is 0. The molecule has 1 aliphatic rings. The van der Waals surface area contributed by atoms with E-state index in [-0.39, 0.29) is 5.97 Å². The molecule has 0 N–H and O–H groups in total. The van der Waals surface area contributed by atoms with Crippen LogP contribution in [0.5, 0.6) is 11.5 Å². The Bertz CT molecular complexity index is 788. The first-order valence-electron chi connectivity index (χ1n) is 7.14. The minimum absolute atomic E-state index is 0.381. The van der Waals surface area contributed by atoms with Crippen LogP contribution >= 0.6 is 0 Å². The summed E-state index contributed by atoms with van der Waals surface area (Å²) in [6, 6.07) is 14.9. The van der Waals surface area contributed by atoms with Crippen molar-refractivity contribution < 1.29 is 19.0 Å². The molecule has 3 rings (SSSR count). The number of hydrogen-bond donors (Lipinski definition) is 0. The van der Waals surface area contributed by atoms with Gasteiger partial charge in [0.1, 0.15) is 17.3 Å². The first kappa shape index (κ1) is 14.9. The molecule has 23 heavy (non-hydrogen) atoms. The zero-order chi connectivity index (χ0) is 16.2. The minimum atomic E-state index is -0.381. The molecule has 0 radical (unpaired) electrons. The third kappa shape index (κ3) is 3.11. The number of esters is 1. The maximum absolute atomic E-state index is 12.1. The van der Waals surface area contributed by atoms with Gasteiger partial charge in [-0.15, -0.1) is 0 Å². The van der Waals surface area contributed by atoms with Crippen molar-refractivity contribution in [1.82, 2.24) is 0 Å². The number of carbonyl (C=O) groups is 1. The summed E-state index contributed by atoms with van der Waals surface area (Å²) in [5, 5.41) is 0. The van der Waals surface area contributed by atoms with Crippen LogP contribution in [0.2, 0.25) is 0 Å². The van der Waals surface area contributed by atoms with Gasteiger partial charge in [0, 0.05) is 11.1 Å². The second kappa shape index (κ2) is 6.40. The standard InChI is InChI=1S/C19H16O4/c1-21-16-8-9-17(22-2)14(11-16)10-15-12-18(23-19(15)20)13-6-4-3-5-7-13/h3-12H,1-2H3/b15-10+. The van der Waals surface area contributed by atoms with Gasteiger partial charge in [-0.1, -0.05) is 30.3 Å². The molecule has 0 atom stereocenters. The van der Waals surface area contributed by atoms with Gasteiger partial charge >= 0.3 is 5.97 Å². The number of methoxy groups -OCH3 is 2. The van der Waals surface area contributed by atoms with Gasteiger partial charge in [-0.25, -0.2) is 4.79 Å². The quantitative estimate of drug-likeness (QED) is 0.638. The van der Waals surface area contributed by atoms with Gasteiger partial charge in [-0.05, 0) is 30.4 Å². The molecule has 0 saturated carbocycles. The van der Waals surface area contributed by atoms with Crippen LogP contribution in [0.25, 0.3) is 11.8 Å². The third-order valence-corrected chi connectivity index (χ3v) is 3.53. The van der Waals surface area contributed by atoms with Gasteiger partial charge in [0.05, 0.1) is 19.8 Å². The Labute approximate surface area is 134 Å². The Kier molecular flexibility index (Phi) is 4.15. The largest absolute Gasteiger partial charge is 0.497 e. The predicted octanol–water partition coefficient (Wildman–Crippen LogP) is 3.69. The Balaban J connectivity index is 1.99. The van der Waals surface area contributed by atoms with Gasteiger partial charge in [-0.3, -0.25) is 0 Å². The maximum atomic E-state index is 12.1. The molecule has 0 fully saturated rings. The maximum Gasteiger partial charge on any atom is 0.343 e. The predicted molar refractivity (Wildman–Crippen MR) is 88.0 cm³/mol. The summed E-state index contributed by atoms with van der Waals surface area (Å²) in [6.45, 7) is 0. The average molecular weight is 308 g/mol. The normalized spacial score (nSPS) is 15.3. The van der Waals surface area contributed by atoms with Crippen molar-refractivity contribution in [3.63, 3.8) is 0 Å². The van der Waals surface area contributed by atoms with Crippen molar-refractivity contribution in [2.75, 3.05) is 14.2 Å². The molecule has 2 aromatic carbocycles. The first-order valence-corrected chi connectivity index (χ1v) is 7.14. The summed E-state index contributed by atoms with van der Waals surface area (Å²) in [4.78, 5) is 12.1. The molecule has 0 aliphatic carbocycles. The molecule has 0 unspecified atom stereocenters. The van der Waals surface area contributed by atoms with Gasteiger partial charge < -0.3 is 14.2 Å². The van der Waals surface area contributed by atoms with Gasteiger partial charge in [-0.2, -0.15) is 0 Å². The molecule has 2 aromatic rings. The number of cyclic esters (lactones) is 1. The average Bonchev–Trinajstić information content (AvgIpc) is 2.96. The Morgan fingerprint density at radius 3 is 2.48 bits per heavy atom. The summed E-state index contributed by atoms with van der Waals surface area (Å²) in [6.07, 6.45) is 3.47. The van der Waals surface area contributed by atoms with Crippen LogP contribution in [-0.4, -0.2) is 20.2 Å². The number of ether oxygens (including phenoxy) is 3. The highest BCUT2D eigenvalue weighted by Crippen LogP contribution is 2.31. The summed E-state index contributed by atoms with van der Waals surface area (Å²) in [5.74, 6) is 1.52. The molecule has 1 aliphatic heterocycles. The smallest absolute Gasteiger partial charge is 0.343 e. The lowest BCUT2D eigenvalue weighted by Crippen LogP contribution is -1.97. The van der Waals surface area contributed by atoms with Gasteiger partial charge in [0.2, 0.25) is 0 Å².